The van der Waals surface area contributed by atoms with Crippen molar-refractivity contribution in [2.24, 2.45) is 0 Å². The molecule has 53 valence electrons. The number of para-hydroxylation sites is 1. The van der Waals surface area contributed by atoms with Gasteiger partial charge in [0.15, 0.2) is 0 Å². The molecule has 0 aliphatic heterocycles. The molecule has 0 amide bonds. The zero-order valence-electron chi connectivity index (χ0n) is 5.51. The van der Waals surface area contributed by atoms with E-state index < -0.39 is 0 Å². The van der Waals surface area contributed by atoms with E-state index in [-0.39, 0.29) is 0 Å². The first kappa shape index (κ1) is 7.85. The van der Waals surface area contributed by atoms with Crippen molar-refractivity contribution < 1.29 is 4.74 Å². The topological polar surface area (TPSA) is 9.23 Å². The number of halogens is 1. The van der Waals surface area contributed by atoms with Gasteiger partial charge in [0.25, 0.3) is 0 Å². The third kappa shape index (κ3) is 1.87. The van der Waals surface area contributed by atoms with E-state index >= 15 is 0 Å². The van der Waals surface area contributed by atoms with E-state index in [0.717, 1.165) is 9.32 Å². The summed E-state index contributed by atoms with van der Waals surface area (Å²) >= 11 is 2.23. The molecule has 0 bridgehead atoms. The molecule has 1 aromatic rings. The molecule has 10 heavy (non-hydrogen) atoms. The highest BCUT2D eigenvalue weighted by molar-refractivity contribution is 14.1. The molecular weight excluding hydrogens is 239 g/mol. The van der Waals surface area contributed by atoms with Gasteiger partial charge in [-0.1, -0.05) is 12.1 Å². The fraction of sp³-hybridized carbons (Fsp3) is 0.125. The van der Waals surface area contributed by atoms with Gasteiger partial charge in [-0.15, -0.1) is 0 Å². The number of hydrogen-bond donors (Lipinski definition) is 0. The second-order valence-electron chi connectivity index (χ2n) is 1.78. The molecule has 0 aliphatic carbocycles. The molecule has 0 saturated heterocycles. The molecule has 0 aliphatic rings. The Morgan fingerprint density at radius 3 is 2.70 bits per heavy atom. The summed E-state index contributed by atoms with van der Waals surface area (Å²) in [6.45, 7) is 4.08. The zero-order chi connectivity index (χ0) is 7.40. The van der Waals surface area contributed by atoms with Gasteiger partial charge in [-0.05, 0) is 41.6 Å². The van der Waals surface area contributed by atoms with Crippen LogP contribution in [0, 0.1) is 10.5 Å². The van der Waals surface area contributed by atoms with Gasteiger partial charge in [0.1, 0.15) is 5.75 Å². The fourth-order valence-electron chi connectivity index (χ4n) is 0.672. The largest absolute Gasteiger partial charge is 0.492 e. The molecule has 0 aromatic heterocycles. The van der Waals surface area contributed by atoms with Crippen LogP contribution in [0.2, 0.25) is 0 Å². The summed E-state index contributed by atoms with van der Waals surface area (Å²) in [5.74, 6) is 0.915. The van der Waals surface area contributed by atoms with Crippen molar-refractivity contribution in [3.8, 4) is 5.75 Å². The third-order valence-electron chi connectivity index (χ3n) is 1.09. The van der Waals surface area contributed by atoms with Crippen molar-refractivity contribution in [2.45, 2.75) is 0 Å². The molecule has 1 radical (unpaired) electrons. The first-order valence-corrected chi connectivity index (χ1v) is 4.09. The summed E-state index contributed by atoms with van der Waals surface area (Å²) in [5.41, 5.74) is 0. The normalized spacial score (nSPS) is 9.40. The van der Waals surface area contributed by atoms with Crippen molar-refractivity contribution in [3.63, 3.8) is 0 Å². The average molecular weight is 247 g/mol. The number of ether oxygens (including phenoxy) is 1. The van der Waals surface area contributed by atoms with Crippen LogP contribution in [0.15, 0.2) is 24.3 Å². The van der Waals surface area contributed by atoms with Gasteiger partial charge >= 0.3 is 0 Å². The minimum absolute atomic E-state index is 0.486. The Balaban J connectivity index is 2.81. The van der Waals surface area contributed by atoms with E-state index in [1.807, 2.05) is 24.3 Å². The Morgan fingerprint density at radius 2 is 2.10 bits per heavy atom. The van der Waals surface area contributed by atoms with Crippen LogP contribution < -0.4 is 4.74 Å². The van der Waals surface area contributed by atoms with Crippen LogP contribution in [0.5, 0.6) is 5.75 Å². The quantitative estimate of drug-likeness (QED) is 0.729. The van der Waals surface area contributed by atoms with Gasteiger partial charge in [0.2, 0.25) is 0 Å². The van der Waals surface area contributed by atoms with E-state index in [1.165, 1.54) is 0 Å². The van der Waals surface area contributed by atoms with E-state index in [2.05, 4.69) is 29.5 Å². The van der Waals surface area contributed by atoms with Crippen molar-refractivity contribution >= 4 is 22.6 Å². The maximum absolute atomic E-state index is 5.22. The maximum Gasteiger partial charge on any atom is 0.132 e. The number of benzene rings is 1. The minimum atomic E-state index is 0.486. The molecule has 2 heteroatoms. The molecule has 1 rings (SSSR count). The summed E-state index contributed by atoms with van der Waals surface area (Å²) in [6, 6.07) is 7.88. The van der Waals surface area contributed by atoms with Gasteiger partial charge in [-0.2, -0.15) is 0 Å². The first-order chi connectivity index (χ1) is 4.84. The van der Waals surface area contributed by atoms with Gasteiger partial charge in [0.05, 0.1) is 10.2 Å². The first-order valence-electron chi connectivity index (χ1n) is 3.01. The molecule has 0 saturated carbocycles. The maximum atomic E-state index is 5.22. The predicted molar refractivity (Wildman–Crippen MR) is 50.0 cm³/mol. The zero-order valence-corrected chi connectivity index (χ0v) is 7.67. The standard InChI is InChI=1S/C8H8IO/c1-2-10-8-6-4-3-5-7(8)9/h3-6H,1-2H2. The second-order valence-corrected chi connectivity index (χ2v) is 2.94. The summed E-state index contributed by atoms with van der Waals surface area (Å²) < 4.78 is 6.35. The lowest BCUT2D eigenvalue weighted by Crippen LogP contribution is -1.92. The number of rotatable bonds is 2. The SMILES string of the molecule is [CH2]COc1ccccc1I. The summed E-state index contributed by atoms with van der Waals surface area (Å²) in [7, 11) is 0. The van der Waals surface area contributed by atoms with Crippen molar-refractivity contribution in [2.75, 3.05) is 6.61 Å². The Morgan fingerprint density at radius 1 is 1.40 bits per heavy atom. The van der Waals surface area contributed by atoms with Crippen LogP contribution >= 0.6 is 22.6 Å². The van der Waals surface area contributed by atoms with Gasteiger partial charge in [-0.25, -0.2) is 0 Å². The van der Waals surface area contributed by atoms with Gasteiger partial charge < -0.3 is 4.74 Å². The Labute approximate surface area is 74.5 Å². The van der Waals surface area contributed by atoms with Crippen LogP contribution in [0.1, 0.15) is 0 Å². The predicted octanol–water partition coefficient (Wildman–Crippen LogP) is 2.50. The van der Waals surface area contributed by atoms with Crippen LogP contribution in [0.25, 0.3) is 0 Å². The highest BCUT2D eigenvalue weighted by Crippen LogP contribution is 2.18. The summed E-state index contributed by atoms with van der Waals surface area (Å²) in [6.07, 6.45) is 0. The average Bonchev–Trinajstić information content (AvgIpc) is 1.94. The minimum Gasteiger partial charge on any atom is -0.492 e. The Kier molecular flexibility index (Phi) is 2.99. The van der Waals surface area contributed by atoms with Crippen molar-refractivity contribution in [1.29, 1.82) is 0 Å². The highest BCUT2D eigenvalue weighted by atomic mass is 127. The van der Waals surface area contributed by atoms with E-state index in [0.29, 0.717) is 6.61 Å². The molecular formula is C8H8IO. The second kappa shape index (κ2) is 3.81. The van der Waals surface area contributed by atoms with Crippen molar-refractivity contribution in [1.82, 2.24) is 0 Å². The lowest BCUT2D eigenvalue weighted by atomic mass is 10.3. The summed E-state index contributed by atoms with van der Waals surface area (Å²) in [5, 5.41) is 0. The molecule has 0 spiro atoms. The van der Waals surface area contributed by atoms with Gasteiger partial charge in [-0.3, -0.25) is 0 Å². The molecule has 0 heterocycles. The van der Waals surface area contributed by atoms with Crippen LogP contribution in [-0.4, -0.2) is 6.61 Å². The molecule has 0 atom stereocenters. The fourth-order valence-corrected chi connectivity index (χ4v) is 1.21. The number of hydrogen-bond acceptors (Lipinski definition) is 1. The van der Waals surface area contributed by atoms with E-state index in [4.69, 9.17) is 4.74 Å². The van der Waals surface area contributed by atoms with Crippen molar-refractivity contribution in [3.05, 3.63) is 34.8 Å². The van der Waals surface area contributed by atoms with Crippen LogP contribution in [0.3, 0.4) is 0 Å². The van der Waals surface area contributed by atoms with E-state index in [9.17, 15) is 0 Å². The smallest absolute Gasteiger partial charge is 0.132 e. The lowest BCUT2D eigenvalue weighted by molar-refractivity contribution is 0.358. The molecule has 0 fully saturated rings. The van der Waals surface area contributed by atoms with Crippen LogP contribution in [-0.2, 0) is 0 Å². The Hall–Kier alpha value is -0.250. The molecule has 0 N–H and O–H groups in total. The van der Waals surface area contributed by atoms with Crippen LogP contribution in [0.4, 0.5) is 0 Å². The molecule has 1 nitrogen and oxygen atoms in total. The lowest BCUT2D eigenvalue weighted by Gasteiger charge is -2.03. The molecule has 1 aromatic carbocycles. The van der Waals surface area contributed by atoms with E-state index in [1.54, 1.807) is 0 Å². The van der Waals surface area contributed by atoms with Gasteiger partial charge in [0, 0.05) is 0 Å². The monoisotopic (exact) mass is 247 g/mol. The highest BCUT2D eigenvalue weighted by Gasteiger charge is 1.94. The third-order valence-corrected chi connectivity index (χ3v) is 1.99. The Bertz CT molecular complexity index is 210. The molecule has 0 unspecified atom stereocenters. The summed E-state index contributed by atoms with van der Waals surface area (Å²) in [4.78, 5) is 0.